The highest BCUT2D eigenvalue weighted by molar-refractivity contribution is 7.18. The van der Waals surface area contributed by atoms with Crippen molar-refractivity contribution in [1.29, 1.82) is 0 Å². The summed E-state index contributed by atoms with van der Waals surface area (Å²) in [6, 6.07) is 0. The summed E-state index contributed by atoms with van der Waals surface area (Å²) in [5, 5.41) is -0.262. The Morgan fingerprint density at radius 2 is 1.92 bits per heavy atom. The van der Waals surface area contributed by atoms with Gasteiger partial charge in [-0.05, 0) is 26.0 Å². The molecule has 0 amide bonds. The summed E-state index contributed by atoms with van der Waals surface area (Å²) in [7, 11) is 2.61. The van der Waals surface area contributed by atoms with Crippen LogP contribution >= 0.6 is 9.24 Å². The Morgan fingerprint density at radius 3 is 2.31 bits per heavy atom. The highest BCUT2D eigenvalue weighted by Crippen LogP contribution is 2.21. The van der Waals surface area contributed by atoms with Crippen LogP contribution in [-0.2, 0) is 4.74 Å². The first-order chi connectivity index (χ1) is 5.99. The highest BCUT2D eigenvalue weighted by atomic mass is 31.0. The van der Waals surface area contributed by atoms with Gasteiger partial charge >= 0.3 is 0 Å². The number of hydrogen-bond donors (Lipinski definition) is 0. The Hall–Kier alpha value is -0.810. The molecule has 0 aromatic heterocycles. The molecule has 1 unspecified atom stereocenters. The van der Waals surface area contributed by atoms with E-state index in [2.05, 4.69) is 22.4 Å². The number of hydrogen-bond acceptors (Lipinski definition) is 1. The van der Waals surface area contributed by atoms with Gasteiger partial charge in [0.05, 0.1) is 0 Å². The predicted molar refractivity (Wildman–Crippen MR) is 62.5 cm³/mol. The van der Waals surface area contributed by atoms with Crippen LogP contribution in [0.3, 0.4) is 0 Å². The SMILES string of the molecule is C=C/C=C\C=C(/C=C)OC(C)(C)P. The van der Waals surface area contributed by atoms with Crippen molar-refractivity contribution in [1.82, 2.24) is 0 Å². The van der Waals surface area contributed by atoms with Crippen molar-refractivity contribution in [2.75, 3.05) is 0 Å². The number of allylic oxidation sites excluding steroid dienone is 5. The minimum Gasteiger partial charge on any atom is -0.484 e. The topological polar surface area (TPSA) is 9.23 Å². The summed E-state index contributed by atoms with van der Waals surface area (Å²) in [4.78, 5) is 0. The van der Waals surface area contributed by atoms with Gasteiger partial charge in [-0.2, -0.15) is 0 Å². The van der Waals surface area contributed by atoms with Crippen LogP contribution in [0.15, 0.2) is 49.3 Å². The molecular weight excluding hydrogens is 179 g/mol. The van der Waals surface area contributed by atoms with Crippen molar-refractivity contribution in [2.45, 2.75) is 19.2 Å². The van der Waals surface area contributed by atoms with Gasteiger partial charge in [-0.1, -0.05) is 40.6 Å². The second kappa shape index (κ2) is 5.77. The lowest BCUT2D eigenvalue weighted by atomic mass is 10.3. The van der Waals surface area contributed by atoms with E-state index in [0.717, 1.165) is 5.76 Å². The van der Waals surface area contributed by atoms with Gasteiger partial charge in [-0.15, -0.1) is 0 Å². The van der Waals surface area contributed by atoms with E-state index in [9.17, 15) is 0 Å². The van der Waals surface area contributed by atoms with Crippen LogP contribution in [-0.4, -0.2) is 5.34 Å². The van der Waals surface area contributed by atoms with Crippen molar-refractivity contribution in [3.8, 4) is 0 Å². The van der Waals surface area contributed by atoms with Gasteiger partial charge in [0.15, 0.2) is 0 Å². The fourth-order valence-corrected chi connectivity index (χ4v) is 0.813. The average molecular weight is 196 g/mol. The summed E-state index contributed by atoms with van der Waals surface area (Å²) in [5.74, 6) is 0.748. The third-order valence-corrected chi connectivity index (χ3v) is 1.21. The molecule has 0 rings (SSSR count). The zero-order valence-electron chi connectivity index (χ0n) is 8.29. The molecule has 0 aliphatic heterocycles. The normalized spacial score (nSPS) is 13.0. The molecular formula is C11H17OP. The zero-order chi connectivity index (χ0) is 10.3. The molecule has 2 heteroatoms. The monoisotopic (exact) mass is 196 g/mol. The molecule has 0 aliphatic rings. The van der Waals surface area contributed by atoms with Gasteiger partial charge in [0.25, 0.3) is 0 Å². The number of rotatable bonds is 5. The molecule has 1 nitrogen and oxygen atoms in total. The Labute approximate surface area is 83.1 Å². The third kappa shape index (κ3) is 7.55. The van der Waals surface area contributed by atoms with Crippen LogP contribution in [0.25, 0.3) is 0 Å². The van der Waals surface area contributed by atoms with Gasteiger partial charge in [-0.25, -0.2) is 0 Å². The quantitative estimate of drug-likeness (QED) is 0.372. The minimum atomic E-state index is -0.262. The molecule has 13 heavy (non-hydrogen) atoms. The van der Waals surface area contributed by atoms with E-state index in [1.54, 1.807) is 12.2 Å². The van der Waals surface area contributed by atoms with Gasteiger partial charge in [0.2, 0.25) is 0 Å². The van der Waals surface area contributed by atoms with E-state index in [-0.39, 0.29) is 5.34 Å². The molecule has 0 aromatic rings. The Balaban J connectivity index is 4.34. The molecule has 1 atom stereocenters. The average Bonchev–Trinajstić information content (AvgIpc) is 2.01. The summed E-state index contributed by atoms with van der Waals surface area (Å²) >= 11 is 0. The molecule has 0 N–H and O–H groups in total. The van der Waals surface area contributed by atoms with Crippen LogP contribution in [0.1, 0.15) is 13.8 Å². The summed E-state index contributed by atoms with van der Waals surface area (Å²) in [6.45, 7) is 11.2. The maximum atomic E-state index is 5.55. The second-order valence-electron chi connectivity index (χ2n) is 3.10. The Morgan fingerprint density at radius 1 is 1.31 bits per heavy atom. The summed E-state index contributed by atoms with van der Waals surface area (Å²) < 4.78 is 5.55. The molecule has 0 fully saturated rings. The van der Waals surface area contributed by atoms with Crippen molar-refractivity contribution < 1.29 is 4.74 Å². The lowest BCUT2D eigenvalue weighted by molar-refractivity contribution is 0.125. The van der Waals surface area contributed by atoms with Crippen LogP contribution < -0.4 is 0 Å². The minimum absolute atomic E-state index is 0.262. The maximum absolute atomic E-state index is 5.55. The van der Waals surface area contributed by atoms with Crippen molar-refractivity contribution in [2.24, 2.45) is 0 Å². The molecule has 0 spiro atoms. The lowest BCUT2D eigenvalue weighted by Gasteiger charge is -2.21. The lowest BCUT2D eigenvalue weighted by Crippen LogP contribution is -2.13. The Bertz CT molecular complexity index is 231. The highest BCUT2D eigenvalue weighted by Gasteiger charge is 2.11. The van der Waals surface area contributed by atoms with Gasteiger partial charge in [0, 0.05) is 0 Å². The molecule has 0 aliphatic carbocycles. The van der Waals surface area contributed by atoms with Crippen LogP contribution in [0.4, 0.5) is 0 Å². The molecule has 0 heterocycles. The molecule has 0 radical (unpaired) electrons. The Kier molecular flexibility index (Phi) is 5.41. The van der Waals surface area contributed by atoms with Crippen LogP contribution in [0.5, 0.6) is 0 Å². The first kappa shape index (κ1) is 12.2. The van der Waals surface area contributed by atoms with E-state index in [4.69, 9.17) is 4.74 Å². The fraction of sp³-hybridized carbons (Fsp3) is 0.273. The third-order valence-electron chi connectivity index (χ3n) is 1.09. The van der Waals surface area contributed by atoms with Crippen molar-refractivity contribution in [3.63, 3.8) is 0 Å². The van der Waals surface area contributed by atoms with E-state index < -0.39 is 0 Å². The molecule has 0 saturated heterocycles. The summed E-state index contributed by atoms with van der Waals surface area (Å²) in [5.41, 5.74) is 0. The first-order valence-electron chi connectivity index (χ1n) is 4.09. The fourth-order valence-electron chi connectivity index (χ4n) is 0.676. The van der Waals surface area contributed by atoms with Gasteiger partial charge < -0.3 is 4.74 Å². The standard InChI is InChI=1S/C11H17OP/c1-5-7-8-9-10(6-2)12-11(3,4)13/h5-9H,1-2,13H2,3-4H3/b8-7-,10-9+. The van der Waals surface area contributed by atoms with E-state index >= 15 is 0 Å². The van der Waals surface area contributed by atoms with Crippen LogP contribution in [0.2, 0.25) is 0 Å². The number of ether oxygens (including phenoxy) is 1. The molecule has 0 bridgehead atoms. The van der Waals surface area contributed by atoms with Crippen LogP contribution in [0, 0.1) is 0 Å². The largest absolute Gasteiger partial charge is 0.484 e. The second-order valence-corrected chi connectivity index (χ2v) is 4.49. The van der Waals surface area contributed by atoms with Crippen molar-refractivity contribution in [3.05, 3.63) is 49.3 Å². The first-order valence-corrected chi connectivity index (χ1v) is 4.67. The molecule has 72 valence electrons. The predicted octanol–water partition coefficient (Wildman–Crippen LogP) is 3.43. The van der Waals surface area contributed by atoms with Gasteiger partial charge in [-0.3, -0.25) is 0 Å². The molecule has 0 aromatic carbocycles. The zero-order valence-corrected chi connectivity index (χ0v) is 9.44. The van der Waals surface area contributed by atoms with E-state index in [0.29, 0.717) is 0 Å². The summed E-state index contributed by atoms with van der Waals surface area (Å²) in [6.07, 6.45) is 8.94. The van der Waals surface area contributed by atoms with Crippen molar-refractivity contribution >= 4 is 9.24 Å². The molecule has 0 saturated carbocycles. The maximum Gasteiger partial charge on any atom is 0.120 e. The smallest absolute Gasteiger partial charge is 0.120 e. The van der Waals surface area contributed by atoms with E-state index in [1.807, 2.05) is 32.1 Å². The van der Waals surface area contributed by atoms with E-state index in [1.165, 1.54) is 0 Å². The van der Waals surface area contributed by atoms with Gasteiger partial charge in [0.1, 0.15) is 11.1 Å².